The second kappa shape index (κ2) is 6.73. The third-order valence-corrected chi connectivity index (χ3v) is 5.12. The molecular weight excluding hydrogens is 296 g/mol. The van der Waals surface area contributed by atoms with Crippen LogP contribution in [0.1, 0.15) is 24.2 Å². The summed E-state index contributed by atoms with van der Waals surface area (Å²) >= 11 is 0. The van der Waals surface area contributed by atoms with Crippen molar-refractivity contribution in [2.24, 2.45) is 5.92 Å². The fourth-order valence-corrected chi connectivity index (χ4v) is 3.76. The number of pyridine rings is 1. The Kier molecular flexibility index (Phi) is 4.30. The number of benzene rings is 1. The van der Waals surface area contributed by atoms with Crippen molar-refractivity contribution in [3.05, 3.63) is 60.2 Å². The third kappa shape index (κ3) is 3.20. The van der Waals surface area contributed by atoms with E-state index in [-0.39, 0.29) is 0 Å². The summed E-state index contributed by atoms with van der Waals surface area (Å²) in [4.78, 5) is 11.5. The molecule has 0 aliphatic carbocycles. The largest absolute Gasteiger partial charge is 0.328 e. The van der Waals surface area contributed by atoms with Crippen molar-refractivity contribution >= 4 is 11.0 Å². The summed E-state index contributed by atoms with van der Waals surface area (Å²) in [5, 5.41) is 0. The van der Waals surface area contributed by atoms with Gasteiger partial charge in [0.15, 0.2) is 0 Å². The van der Waals surface area contributed by atoms with E-state index in [4.69, 9.17) is 4.98 Å². The van der Waals surface area contributed by atoms with E-state index >= 15 is 0 Å². The highest BCUT2D eigenvalue weighted by molar-refractivity contribution is 5.75. The maximum absolute atomic E-state index is 4.69. The summed E-state index contributed by atoms with van der Waals surface area (Å²) in [5.74, 6) is 1.88. The van der Waals surface area contributed by atoms with Gasteiger partial charge < -0.3 is 4.57 Å². The van der Waals surface area contributed by atoms with E-state index in [0.29, 0.717) is 0 Å². The van der Waals surface area contributed by atoms with E-state index in [1.54, 1.807) is 0 Å². The number of para-hydroxylation sites is 2. The lowest BCUT2D eigenvalue weighted by molar-refractivity contribution is 0.167. The van der Waals surface area contributed by atoms with Gasteiger partial charge in [-0.15, -0.1) is 0 Å². The lowest BCUT2D eigenvalue weighted by Gasteiger charge is -2.32. The van der Waals surface area contributed by atoms with Gasteiger partial charge in [-0.25, -0.2) is 4.98 Å². The zero-order valence-corrected chi connectivity index (χ0v) is 14.2. The summed E-state index contributed by atoms with van der Waals surface area (Å²) in [5.41, 5.74) is 3.70. The van der Waals surface area contributed by atoms with Gasteiger partial charge in [0, 0.05) is 25.5 Å². The topological polar surface area (TPSA) is 34.0 Å². The number of rotatable bonds is 4. The van der Waals surface area contributed by atoms with Crippen LogP contribution in [0.3, 0.4) is 0 Å². The first kappa shape index (κ1) is 15.3. The number of nitrogens with zero attached hydrogens (tertiary/aromatic N) is 4. The van der Waals surface area contributed by atoms with Gasteiger partial charge >= 0.3 is 0 Å². The molecule has 0 bridgehead atoms. The molecule has 2 aromatic heterocycles. The van der Waals surface area contributed by atoms with Crippen molar-refractivity contribution in [3.8, 4) is 0 Å². The molecule has 1 fully saturated rings. The van der Waals surface area contributed by atoms with E-state index in [2.05, 4.69) is 51.7 Å². The number of likely N-dealkylation sites (tertiary alicyclic amines) is 1. The monoisotopic (exact) mass is 320 g/mol. The average Bonchev–Trinajstić information content (AvgIpc) is 2.93. The van der Waals surface area contributed by atoms with Crippen LogP contribution in [0.25, 0.3) is 11.0 Å². The summed E-state index contributed by atoms with van der Waals surface area (Å²) in [6.45, 7) is 6.58. The summed E-state index contributed by atoms with van der Waals surface area (Å²) in [6, 6.07) is 12.7. The van der Waals surface area contributed by atoms with Crippen molar-refractivity contribution in [1.82, 2.24) is 19.4 Å². The SMILES string of the molecule is Cc1nc2ccccc2n1CC1CCN(Cc2cccnc2)CC1. The molecule has 3 heterocycles. The van der Waals surface area contributed by atoms with Gasteiger partial charge in [-0.05, 0) is 62.5 Å². The van der Waals surface area contributed by atoms with Gasteiger partial charge in [0.25, 0.3) is 0 Å². The zero-order chi connectivity index (χ0) is 16.4. The Bertz CT molecular complexity index is 801. The molecule has 124 valence electrons. The molecule has 24 heavy (non-hydrogen) atoms. The Labute approximate surface area is 143 Å². The first-order chi connectivity index (χ1) is 11.8. The van der Waals surface area contributed by atoms with E-state index < -0.39 is 0 Å². The van der Waals surface area contributed by atoms with Crippen LogP contribution >= 0.6 is 0 Å². The molecule has 0 N–H and O–H groups in total. The van der Waals surface area contributed by atoms with Crippen LogP contribution in [-0.2, 0) is 13.1 Å². The Morgan fingerprint density at radius 3 is 2.71 bits per heavy atom. The van der Waals surface area contributed by atoms with Crippen molar-refractivity contribution in [2.75, 3.05) is 13.1 Å². The van der Waals surface area contributed by atoms with Crippen molar-refractivity contribution in [3.63, 3.8) is 0 Å². The smallest absolute Gasteiger partial charge is 0.106 e. The molecule has 4 heteroatoms. The Morgan fingerprint density at radius 2 is 1.92 bits per heavy atom. The fourth-order valence-electron chi connectivity index (χ4n) is 3.76. The Balaban J connectivity index is 1.38. The first-order valence-electron chi connectivity index (χ1n) is 8.83. The quantitative estimate of drug-likeness (QED) is 0.736. The van der Waals surface area contributed by atoms with Crippen molar-refractivity contribution < 1.29 is 0 Å². The number of fused-ring (bicyclic) bond motifs is 1. The highest BCUT2D eigenvalue weighted by atomic mass is 15.1. The molecule has 0 unspecified atom stereocenters. The number of hydrogen-bond acceptors (Lipinski definition) is 3. The molecule has 4 rings (SSSR count). The Morgan fingerprint density at radius 1 is 1.08 bits per heavy atom. The van der Waals surface area contributed by atoms with Gasteiger partial charge in [-0.3, -0.25) is 9.88 Å². The minimum Gasteiger partial charge on any atom is -0.328 e. The lowest BCUT2D eigenvalue weighted by Crippen LogP contribution is -2.34. The lowest BCUT2D eigenvalue weighted by atomic mass is 9.96. The van der Waals surface area contributed by atoms with E-state index in [9.17, 15) is 0 Å². The summed E-state index contributed by atoms with van der Waals surface area (Å²) in [6.07, 6.45) is 6.33. The van der Waals surface area contributed by atoms with Crippen LogP contribution in [0.4, 0.5) is 0 Å². The predicted molar refractivity (Wildman–Crippen MR) is 96.7 cm³/mol. The van der Waals surface area contributed by atoms with Crippen LogP contribution in [0, 0.1) is 12.8 Å². The number of aryl methyl sites for hydroxylation is 1. The third-order valence-electron chi connectivity index (χ3n) is 5.12. The summed E-state index contributed by atoms with van der Waals surface area (Å²) in [7, 11) is 0. The highest BCUT2D eigenvalue weighted by Crippen LogP contribution is 2.24. The van der Waals surface area contributed by atoms with Crippen molar-refractivity contribution in [1.29, 1.82) is 0 Å². The number of aromatic nitrogens is 3. The van der Waals surface area contributed by atoms with Crippen LogP contribution in [0.5, 0.6) is 0 Å². The van der Waals surface area contributed by atoms with Gasteiger partial charge in [0.2, 0.25) is 0 Å². The number of imidazole rings is 1. The average molecular weight is 320 g/mol. The summed E-state index contributed by atoms with van der Waals surface area (Å²) < 4.78 is 2.40. The molecular formula is C20H24N4. The molecule has 4 nitrogen and oxygen atoms in total. The van der Waals surface area contributed by atoms with Gasteiger partial charge in [0.05, 0.1) is 11.0 Å². The number of hydrogen-bond donors (Lipinski definition) is 0. The molecule has 0 amide bonds. The van der Waals surface area contributed by atoms with E-state index in [1.165, 1.54) is 37.0 Å². The molecule has 1 saturated heterocycles. The fraction of sp³-hybridized carbons (Fsp3) is 0.400. The number of piperidine rings is 1. The minimum atomic E-state index is 0.742. The van der Waals surface area contributed by atoms with Gasteiger partial charge in [-0.1, -0.05) is 18.2 Å². The van der Waals surface area contributed by atoms with E-state index in [1.807, 2.05) is 18.5 Å². The van der Waals surface area contributed by atoms with Crippen LogP contribution in [0.15, 0.2) is 48.8 Å². The normalized spacial score (nSPS) is 16.7. The first-order valence-corrected chi connectivity index (χ1v) is 8.83. The molecule has 0 saturated carbocycles. The maximum Gasteiger partial charge on any atom is 0.106 e. The van der Waals surface area contributed by atoms with E-state index in [0.717, 1.165) is 30.3 Å². The predicted octanol–water partition coefficient (Wildman–Crippen LogP) is 3.65. The zero-order valence-electron chi connectivity index (χ0n) is 14.2. The Hall–Kier alpha value is -2.20. The molecule has 0 atom stereocenters. The second-order valence-electron chi connectivity index (χ2n) is 6.84. The van der Waals surface area contributed by atoms with Crippen LogP contribution < -0.4 is 0 Å². The minimum absolute atomic E-state index is 0.742. The molecule has 0 radical (unpaired) electrons. The standard InChI is InChI=1S/C20H24N4/c1-16-22-19-6-2-3-7-20(19)24(16)15-17-8-11-23(12-9-17)14-18-5-4-10-21-13-18/h2-7,10,13,17H,8-9,11-12,14-15H2,1H3. The molecule has 3 aromatic rings. The van der Waals surface area contributed by atoms with Gasteiger partial charge in [0.1, 0.15) is 5.82 Å². The van der Waals surface area contributed by atoms with Crippen molar-refractivity contribution in [2.45, 2.75) is 32.9 Å². The molecule has 1 aromatic carbocycles. The molecule has 0 spiro atoms. The van der Waals surface area contributed by atoms with Crippen LogP contribution in [-0.4, -0.2) is 32.5 Å². The molecule has 1 aliphatic heterocycles. The van der Waals surface area contributed by atoms with Gasteiger partial charge in [-0.2, -0.15) is 0 Å². The maximum atomic E-state index is 4.69. The highest BCUT2D eigenvalue weighted by Gasteiger charge is 2.21. The second-order valence-corrected chi connectivity index (χ2v) is 6.84. The molecule has 1 aliphatic rings. The van der Waals surface area contributed by atoms with Crippen LogP contribution in [0.2, 0.25) is 0 Å².